The quantitative estimate of drug-likeness (QED) is 0.867. The molecule has 0 bridgehead atoms. The Kier molecular flexibility index (Phi) is 5.74. The average molecular weight is 379 g/mol. The number of aromatic nitrogens is 2. The minimum absolute atomic E-state index is 0.0147. The zero-order valence-corrected chi connectivity index (χ0v) is 15.3. The number of nitrogens with zero attached hydrogens (tertiary/aromatic N) is 3. The maximum atomic E-state index is 13.7. The second kappa shape index (κ2) is 8.04. The van der Waals surface area contributed by atoms with Crippen LogP contribution in [0.5, 0.6) is 5.75 Å². The highest BCUT2D eigenvalue weighted by atomic mass is 19.1. The van der Waals surface area contributed by atoms with Gasteiger partial charge in [-0.05, 0) is 37.8 Å². The monoisotopic (exact) mass is 379 g/mol. The van der Waals surface area contributed by atoms with Gasteiger partial charge in [0.2, 0.25) is 0 Å². The molecule has 1 aromatic heterocycles. The molecule has 3 rings (SSSR count). The Morgan fingerprint density at radius 3 is 2.63 bits per heavy atom. The number of ether oxygens (including phenoxy) is 1. The predicted molar refractivity (Wildman–Crippen MR) is 93.9 cm³/mol. The van der Waals surface area contributed by atoms with E-state index < -0.39 is 23.8 Å². The molecule has 2 atom stereocenters. The van der Waals surface area contributed by atoms with E-state index in [2.05, 4.69) is 4.98 Å². The van der Waals surface area contributed by atoms with Crippen molar-refractivity contribution in [3.05, 3.63) is 48.1 Å². The smallest absolute Gasteiger partial charge is 0.263 e. The first-order valence-electron chi connectivity index (χ1n) is 8.92. The van der Waals surface area contributed by atoms with Crippen LogP contribution in [-0.4, -0.2) is 44.7 Å². The fourth-order valence-electron chi connectivity index (χ4n) is 3.38. The number of benzene rings is 1. The van der Waals surface area contributed by atoms with E-state index in [0.717, 1.165) is 12.1 Å². The number of aliphatic hydroxyl groups excluding tert-OH is 1. The van der Waals surface area contributed by atoms with Crippen LogP contribution in [0.25, 0.3) is 0 Å². The minimum Gasteiger partial charge on any atom is -0.478 e. The second-order valence-corrected chi connectivity index (χ2v) is 6.84. The van der Waals surface area contributed by atoms with Gasteiger partial charge in [0.15, 0.2) is 17.7 Å². The van der Waals surface area contributed by atoms with Gasteiger partial charge in [-0.3, -0.25) is 4.79 Å². The largest absolute Gasteiger partial charge is 0.478 e. The van der Waals surface area contributed by atoms with Crippen LogP contribution in [-0.2, 0) is 11.8 Å². The number of amides is 1. The van der Waals surface area contributed by atoms with Crippen molar-refractivity contribution < 1.29 is 23.4 Å². The third-order valence-corrected chi connectivity index (χ3v) is 4.97. The first-order valence-corrected chi connectivity index (χ1v) is 8.92. The predicted octanol–water partition coefficient (Wildman–Crippen LogP) is 2.44. The summed E-state index contributed by atoms with van der Waals surface area (Å²) in [5.74, 6) is -1.33. The van der Waals surface area contributed by atoms with Gasteiger partial charge in [0.25, 0.3) is 5.91 Å². The maximum Gasteiger partial charge on any atom is 0.263 e. The van der Waals surface area contributed by atoms with Gasteiger partial charge in [0, 0.05) is 38.6 Å². The number of likely N-dealkylation sites (tertiary alicyclic amines) is 1. The van der Waals surface area contributed by atoms with Crippen LogP contribution in [0.15, 0.2) is 30.6 Å². The van der Waals surface area contributed by atoms with Gasteiger partial charge >= 0.3 is 0 Å². The van der Waals surface area contributed by atoms with E-state index in [1.54, 1.807) is 28.8 Å². The molecule has 0 radical (unpaired) electrons. The molecule has 2 heterocycles. The van der Waals surface area contributed by atoms with Crippen molar-refractivity contribution >= 4 is 5.91 Å². The molecule has 1 N–H and O–H groups in total. The molecule has 1 aromatic carbocycles. The summed E-state index contributed by atoms with van der Waals surface area (Å²) >= 11 is 0. The molecule has 8 heteroatoms. The Morgan fingerprint density at radius 2 is 2.04 bits per heavy atom. The normalized spacial score (nSPS) is 17.6. The Bertz CT molecular complexity index is 803. The highest BCUT2D eigenvalue weighted by Crippen LogP contribution is 2.30. The lowest BCUT2D eigenvalue weighted by Crippen LogP contribution is -2.45. The van der Waals surface area contributed by atoms with Crippen LogP contribution in [0.4, 0.5) is 8.78 Å². The number of rotatable bonds is 5. The summed E-state index contributed by atoms with van der Waals surface area (Å²) < 4.78 is 33.8. The number of hydrogen-bond acceptors (Lipinski definition) is 4. The molecule has 146 valence electrons. The molecule has 1 amide bonds. The van der Waals surface area contributed by atoms with E-state index in [1.165, 1.54) is 6.07 Å². The summed E-state index contributed by atoms with van der Waals surface area (Å²) in [7, 11) is 1.83. The summed E-state index contributed by atoms with van der Waals surface area (Å²) in [5.41, 5.74) is 0. The van der Waals surface area contributed by atoms with E-state index in [9.17, 15) is 18.7 Å². The number of aliphatic hydroxyl groups is 1. The molecule has 0 spiro atoms. The Balaban J connectivity index is 1.55. The van der Waals surface area contributed by atoms with E-state index in [-0.39, 0.29) is 17.6 Å². The lowest BCUT2D eigenvalue weighted by atomic mass is 9.90. The molecule has 1 aliphatic rings. The molecule has 1 saturated heterocycles. The minimum atomic E-state index is -0.888. The Morgan fingerprint density at radius 1 is 1.33 bits per heavy atom. The molecular formula is C19H23F2N3O3. The molecule has 27 heavy (non-hydrogen) atoms. The Hall–Kier alpha value is -2.48. The summed E-state index contributed by atoms with van der Waals surface area (Å²) in [5, 5.41) is 10.5. The van der Waals surface area contributed by atoms with Crippen molar-refractivity contribution in [2.75, 3.05) is 13.1 Å². The summed E-state index contributed by atoms with van der Waals surface area (Å²) in [6, 6.07) is 2.97. The van der Waals surface area contributed by atoms with E-state index in [0.29, 0.717) is 31.8 Å². The van der Waals surface area contributed by atoms with Crippen LogP contribution < -0.4 is 4.74 Å². The number of carbonyl (C=O) groups is 1. The van der Waals surface area contributed by atoms with Crippen LogP contribution in [0.2, 0.25) is 0 Å². The summed E-state index contributed by atoms with van der Waals surface area (Å²) in [6.07, 6.45) is 3.13. The van der Waals surface area contributed by atoms with Crippen molar-refractivity contribution in [3.8, 4) is 5.75 Å². The number of imidazole rings is 1. The van der Waals surface area contributed by atoms with E-state index >= 15 is 0 Å². The van der Waals surface area contributed by atoms with Gasteiger partial charge in [0.1, 0.15) is 17.7 Å². The molecule has 1 aliphatic heterocycles. The maximum absolute atomic E-state index is 13.7. The second-order valence-electron chi connectivity index (χ2n) is 6.84. The zero-order valence-electron chi connectivity index (χ0n) is 15.3. The average Bonchev–Trinajstić information content (AvgIpc) is 3.08. The van der Waals surface area contributed by atoms with Gasteiger partial charge in [-0.15, -0.1) is 0 Å². The highest BCUT2D eigenvalue weighted by molar-refractivity contribution is 5.81. The van der Waals surface area contributed by atoms with Crippen molar-refractivity contribution in [1.29, 1.82) is 0 Å². The molecule has 1 fully saturated rings. The SMILES string of the molecule is C[C@@H](Oc1ccc(F)cc1F)C(=O)N1CCC([C@H](O)c2nccn2C)CC1. The van der Waals surface area contributed by atoms with Crippen LogP contribution in [0, 0.1) is 17.6 Å². The molecular weight excluding hydrogens is 356 g/mol. The third kappa shape index (κ3) is 4.27. The first kappa shape index (κ1) is 19.3. The van der Waals surface area contributed by atoms with Crippen molar-refractivity contribution in [1.82, 2.24) is 14.5 Å². The molecule has 6 nitrogen and oxygen atoms in total. The van der Waals surface area contributed by atoms with Crippen molar-refractivity contribution in [2.24, 2.45) is 13.0 Å². The van der Waals surface area contributed by atoms with Crippen LogP contribution in [0.1, 0.15) is 31.7 Å². The highest BCUT2D eigenvalue weighted by Gasteiger charge is 2.32. The third-order valence-electron chi connectivity index (χ3n) is 4.97. The molecule has 0 saturated carbocycles. The summed E-state index contributed by atoms with van der Waals surface area (Å²) in [6.45, 7) is 2.50. The molecule has 2 aromatic rings. The standard InChI is InChI=1S/C19H23F2N3O3/c1-12(27-16-4-3-14(20)11-15(16)21)19(26)24-8-5-13(6-9-24)17(25)18-22-7-10-23(18)2/h3-4,7,10-13,17,25H,5-6,8-9H2,1-2H3/t12-,17+/m1/s1. The van der Waals surface area contributed by atoms with Gasteiger partial charge in [0.05, 0.1) is 0 Å². The lowest BCUT2D eigenvalue weighted by Gasteiger charge is -2.35. The van der Waals surface area contributed by atoms with E-state index in [1.807, 2.05) is 7.05 Å². The first-order chi connectivity index (χ1) is 12.9. The number of hydrogen-bond donors (Lipinski definition) is 1. The van der Waals surface area contributed by atoms with Crippen LogP contribution >= 0.6 is 0 Å². The zero-order chi connectivity index (χ0) is 19.6. The Labute approximate surface area is 156 Å². The van der Waals surface area contributed by atoms with E-state index in [4.69, 9.17) is 4.74 Å². The fraction of sp³-hybridized carbons (Fsp3) is 0.474. The molecule has 0 aliphatic carbocycles. The van der Waals surface area contributed by atoms with Crippen LogP contribution in [0.3, 0.4) is 0 Å². The van der Waals surface area contributed by atoms with Gasteiger partial charge in [-0.1, -0.05) is 0 Å². The van der Waals surface area contributed by atoms with Crippen molar-refractivity contribution in [3.63, 3.8) is 0 Å². The lowest BCUT2D eigenvalue weighted by molar-refractivity contribution is -0.140. The number of carbonyl (C=O) groups excluding carboxylic acids is 1. The molecule has 0 unspecified atom stereocenters. The number of aryl methyl sites for hydroxylation is 1. The topological polar surface area (TPSA) is 67.6 Å². The van der Waals surface area contributed by atoms with Gasteiger partial charge < -0.3 is 19.3 Å². The van der Waals surface area contributed by atoms with Gasteiger partial charge in [-0.25, -0.2) is 13.8 Å². The fourth-order valence-corrected chi connectivity index (χ4v) is 3.38. The van der Waals surface area contributed by atoms with Crippen molar-refractivity contribution in [2.45, 2.75) is 32.0 Å². The van der Waals surface area contributed by atoms with Gasteiger partial charge in [-0.2, -0.15) is 0 Å². The summed E-state index contributed by atoms with van der Waals surface area (Å²) in [4.78, 5) is 18.4. The number of halogens is 2. The number of piperidine rings is 1.